The normalized spacial score (nSPS) is 19.7. The van der Waals surface area contributed by atoms with Crippen LogP contribution in [0.2, 0.25) is 0 Å². The highest BCUT2D eigenvalue weighted by molar-refractivity contribution is 7.98. The van der Waals surface area contributed by atoms with Gasteiger partial charge in [-0.15, -0.1) is 0 Å². The molecular weight excluding hydrogens is 176 g/mol. The second kappa shape index (κ2) is 3.06. The zero-order valence-electron chi connectivity index (χ0n) is 7.81. The fourth-order valence-electron chi connectivity index (χ4n) is 2.53. The molecule has 1 aliphatic carbocycles. The minimum Gasteiger partial charge on any atom is -0.152 e. The lowest BCUT2D eigenvalue weighted by molar-refractivity contribution is 0.681. The van der Waals surface area contributed by atoms with E-state index < -0.39 is 0 Å². The largest absolute Gasteiger partial charge is 0.152 e. The number of fused-ring (bicyclic) bond motifs is 3. The van der Waals surface area contributed by atoms with Gasteiger partial charge in [0.05, 0.1) is 0 Å². The lowest BCUT2D eigenvalue weighted by Crippen LogP contribution is -2.06. The Morgan fingerprint density at radius 2 is 1.69 bits per heavy atom. The molecule has 0 aromatic heterocycles. The first-order valence-corrected chi connectivity index (χ1v) is 6.31. The van der Waals surface area contributed by atoms with Gasteiger partial charge in [-0.25, -0.2) is 0 Å². The zero-order valence-corrected chi connectivity index (χ0v) is 8.62. The molecule has 0 saturated carbocycles. The fourth-order valence-corrected chi connectivity index (χ4v) is 3.69. The highest BCUT2D eigenvalue weighted by atomic mass is 32.2. The Morgan fingerprint density at radius 3 is 2.69 bits per heavy atom. The summed E-state index contributed by atoms with van der Waals surface area (Å²) in [6.07, 6.45) is 5.49. The minimum absolute atomic E-state index is 1.25. The average Bonchev–Trinajstić information content (AvgIpc) is 2.65. The molecule has 0 radical (unpaired) electrons. The van der Waals surface area contributed by atoms with E-state index in [9.17, 15) is 0 Å². The molecule has 0 saturated heterocycles. The molecule has 0 unspecified atom stereocenters. The maximum atomic E-state index is 2.37. The Balaban J connectivity index is 2.17. The van der Waals surface area contributed by atoms with Crippen molar-refractivity contribution in [1.82, 2.24) is 0 Å². The van der Waals surface area contributed by atoms with Crippen molar-refractivity contribution >= 4 is 11.8 Å². The second-order valence-corrected chi connectivity index (χ2v) is 5.03. The van der Waals surface area contributed by atoms with Crippen LogP contribution in [-0.4, -0.2) is 0 Å². The van der Waals surface area contributed by atoms with E-state index in [0.717, 1.165) is 0 Å². The van der Waals surface area contributed by atoms with Gasteiger partial charge in [0.25, 0.3) is 0 Å². The highest BCUT2D eigenvalue weighted by Gasteiger charge is 2.19. The van der Waals surface area contributed by atoms with Crippen LogP contribution in [0.1, 0.15) is 35.1 Å². The topological polar surface area (TPSA) is 0 Å². The summed E-state index contributed by atoms with van der Waals surface area (Å²) in [4.78, 5) is 0. The SMILES string of the molecule is c1cc2c(c3c1CCCC3)CSC2. The third-order valence-electron chi connectivity index (χ3n) is 3.25. The molecule has 0 spiro atoms. The third kappa shape index (κ3) is 1.21. The van der Waals surface area contributed by atoms with E-state index in [4.69, 9.17) is 0 Å². The van der Waals surface area contributed by atoms with E-state index in [-0.39, 0.29) is 0 Å². The molecule has 0 nitrogen and oxygen atoms in total. The summed E-state index contributed by atoms with van der Waals surface area (Å²) in [6.45, 7) is 0. The van der Waals surface area contributed by atoms with Crippen molar-refractivity contribution in [2.75, 3.05) is 0 Å². The summed E-state index contributed by atoms with van der Waals surface area (Å²) in [5.74, 6) is 2.53. The third-order valence-corrected chi connectivity index (χ3v) is 4.26. The average molecular weight is 190 g/mol. The van der Waals surface area contributed by atoms with Crippen molar-refractivity contribution < 1.29 is 0 Å². The summed E-state index contributed by atoms with van der Waals surface area (Å²) >= 11 is 2.08. The molecule has 13 heavy (non-hydrogen) atoms. The van der Waals surface area contributed by atoms with Crippen molar-refractivity contribution in [2.24, 2.45) is 0 Å². The van der Waals surface area contributed by atoms with Crippen molar-refractivity contribution in [2.45, 2.75) is 37.2 Å². The van der Waals surface area contributed by atoms with E-state index in [1.165, 1.54) is 37.2 Å². The number of hydrogen-bond acceptors (Lipinski definition) is 1. The van der Waals surface area contributed by atoms with E-state index >= 15 is 0 Å². The zero-order chi connectivity index (χ0) is 8.67. The van der Waals surface area contributed by atoms with Crippen LogP contribution in [0, 0.1) is 0 Å². The first-order chi connectivity index (χ1) is 6.45. The van der Waals surface area contributed by atoms with Crippen molar-refractivity contribution in [3.63, 3.8) is 0 Å². The minimum atomic E-state index is 1.25. The van der Waals surface area contributed by atoms with E-state index in [2.05, 4.69) is 23.9 Å². The van der Waals surface area contributed by atoms with Gasteiger partial charge in [0.2, 0.25) is 0 Å². The van der Waals surface area contributed by atoms with Gasteiger partial charge < -0.3 is 0 Å². The Morgan fingerprint density at radius 1 is 0.846 bits per heavy atom. The molecule has 0 N–H and O–H groups in total. The molecular formula is C12H14S. The Kier molecular flexibility index (Phi) is 1.86. The van der Waals surface area contributed by atoms with Gasteiger partial charge in [-0.3, -0.25) is 0 Å². The van der Waals surface area contributed by atoms with Crippen LogP contribution < -0.4 is 0 Å². The van der Waals surface area contributed by atoms with Gasteiger partial charge in [-0.1, -0.05) is 12.1 Å². The molecule has 1 heterocycles. The number of aryl methyl sites for hydroxylation is 1. The molecule has 0 atom stereocenters. The molecule has 0 bridgehead atoms. The van der Waals surface area contributed by atoms with Crippen LogP contribution in [0.15, 0.2) is 12.1 Å². The molecule has 68 valence electrons. The maximum absolute atomic E-state index is 2.37. The molecule has 1 heteroatoms. The molecule has 1 aromatic rings. The van der Waals surface area contributed by atoms with Gasteiger partial charge >= 0.3 is 0 Å². The second-order valence-electron chi connectivity index (χ2n) is 4.04. The van der Waals surface area contributed by atoms with Crippen LogP contribution in [0.3, 0.4) is 0 Å². The molecule has 2 aliphatic rings. The summed E-state index contributed by atoms with van der Waals surface area (Å²) in [5, 5.41) is 0. The standard InChI is InChI=1S/C12H14S/c1-2-4-11-9(3-1)5-6-10-7-13-8-12(10)11/h5-6H,1-4,7-8H2. The molecule has 1 aliphatic heterocycles. The smallest absolute Gasteiger partial charge is 0.0193 e. The molecule has 1 aromatic carbocycles. The quantitative estimate of drug-likeness (QED) is 0.605. The first kappa shape index (κ1) is 7.93. The first-order valence-electron chi connectivity index (χ1n) is 5.15. The summed E-state index contributed by atoms with van der Waals surface area (Å²) in [5.41, 5.74) is 6.68. The molecule has 0 amide bonds. The van der Waals surface area contributed by atoms with Crippen molar-refractivity contribution in [1.29, 1.82) is 0 Å². The lowest BCUT2D eigenvalue weighted by atomic mass is 9.87. The van der Waals surface area contributed by atoms with Gasteiger partial charge in [0, 0.05) is 11.5 Å². The molecule has 3 rings (SSSR count). The van der Waals surface area contributed by atoms with Crippen LogP contribution in [0.25, 0.3) is 0 Å². The number of thioether (sulfide) groups is 1. The highest BCUT2D eigenvalue weighted by Crippen LogP contribution is 2.36. The van der Waals surface area contributed by atoms with Crippen LogP contribution in [-0.2, 0) is 24.3 Å². The number of benzene rings is 1. The van der Waals surface area contributed by atoms with Crippen LogP contribution in [0.5, 0.6) is 0 Å². The summed E-state index contributed by atoms with van der Waals surface area (Å²) in [6, 6.07) is 4.73. The predicted molar refractivity (Wildman–Crippen MR) is 58.1 cm³/mol. The van der Waals surface area contributed by atoms with E-state index in [1.54, 1.807) is 22.3 Å². The summed E-state index contributed by atoms with van der Waals surface area (Å²) < 4.78 is 0. The fraction of sp³-hybridized carbons (Fsp3) is 0.500. The van der Waals surface area contributed by atoms with Crippen LogP contribution >= 0.6 is 11.8 Å². The van der Waals surface area contributed by atoms with Crippen molar-refractivity contribution in [3.8, 4) is 0 Å². The van der Waals surface area contributed by atoms with E-state index in [0.29, 0.717) is 0 Å². The number of rotatable bonds is 0. The van der Waals surface area contributed by atoms with Gasteiger partial charge in [-0.05, 0) is 47.9 Å². The Labute approximate surface area is 83.7 Å². The number of hydrogen-bond donors (Lipinski definition) is 0. The maximum Gasteiger partial charge on any atom is 0.0193 e. The molecule has 0 fully saturated rings. The Bertz CT molecular complexity index is 341. The lowest BCUT2D eigenvalue weighted by Gasteiger charge is -2.18. The predicted octanol–water partition coefficient (Wildman–Crippen LogP) is 3.31. The van der Waals surface area contributed by atoms with Crippen LogP contribution in [0.4, 0.5) is 0 Å². The van der Waals surface area contributed by atoms with E-state index in [1.807, 2.05) is 0 Å². The van der Waals surface area contributed by atoms with Gasteiger partial charge in [0.1, 0.15) is 0 Å². The monoisotopic (exact) mass is 190 g/mol. The Hall–Kier alpha value is -0.430. The summed E-state index contributed by atoms with van der Waals surface area (Å²) in [7, 11) is 0. The van der Waals surface area contributed by atoms with Gasteiger partial charge in [-0.2, -0.15) is 11.8 Å². The van der Waals surface area contributed by atoms with Crippen molar-refractivity contribution in [3.05, 3.63) is 34.4 Å². The van der Waals surface area contributed by atoms with Gasteiger partial charge in [0.15, 0.2) is 0 Å².